The van der Waals surface area contributed by atoms with E-state index in [0.717, 1.165) is 19.4 Å². The van der Waals surface area contributed by atoms with E-state index in [0.29, 0.717) is 13.1 Å². The van der Waals surface area contributed by atoms with Crippen LogP contribution in [-0.2, 0) is 4.79 Å². The molecule has 1 rings (SSSR count). The van der Waals surface area contributed by atoms with Crippen molar-refractivity contribution in [1.29, 1.82) is 0 Å². The van der Waals surface area contributed by atoms with Crippen LogP contribution in [0.4, 0.5) is 0 Å². The predicted molar refractivity (Wildman–Crippen MR) is 69.9 cm³/mol. The fourth-order valence-electron chi connectivity index (χ4n) is 1.85. The molecule has 1 fully saturated rings. The van der Waals surface area contributed by atoms with Crippen molar-refractivity contribution >= 4 is 18.3 Å². The molecule has 1 heterocycles. The van der Waals surface area contributed by atoms with E-state index in [2.05, 4.69) is 18.5 Å². The Balaban J connectivity index is 0.00000225. The average Bonchev–Trinajstić information content (AvgIpc) is 2.29. The van der Waals surface area contributed by atoms with Gasteiger partial charge in [-0.15, -0.1) is 25.6 Å². The van der Waals surface area contributed by atoms with Gasteiger partial charge in [-0.3, -0.25) is 4.79 Å². The van der Waals surface area contributed by atoms with Gasteiger partial charge in [-0.25, -0.2) is 0 Å². The highest BCUT2D eigenvalue weighted by atomic mass is 35.5. The number of carbonyl (C=O) groups is 1. The van der Waals surface area contributed by atoms with Crippen molar-refractivity contribution in [2.45, 2.75) is 25.3 Å². The summed E-state index contributed by atoms with van der Waals surface area (Å²) in [4.78, 5) is 13.8. The minimum absolute atomic E-state index is 0. The first-order valence-corrected chi connectivity index (χ1v) is 5.53. The normalized spacial score (nSPS) is 19.4. The van der Waals surface area contributed by atoms with Crippen LogP contribution in [0.25, 0.3) is 0 Å². The maximum absolute atomic E-state index is 12.0. The maximum Gasteiger partial charge on any atom is 0.240 e. The van der Waals surface area contributed by atoms with E-state index in [9.17, 15) is 4.79 Å². The largest absolute Gasteiger partial charge is 0.334 e. The van der Waals surface area contributed by atoms with E-state index in [1.54, 1.807) is 17.1 Å². The Hall–Kier alpha value is -0.800. The zero-order chi connectivity index (χ0) is 11.1. The molecule has 0 aliphatic carbocycles. The Bertz CT molecular complexity index is 227. The summed E-state index contributed by atoms with van der Waals surface area (Å²) in [6.07, 6.45) is 6.77. The van der Waals surface area contributed by atoms with Crippen LogP contribution in [-0.4, -0.2) is 36.5 Å². The third kappa shape index (κ3) is 4.37. The topological polar surface area (TPSA) is 32.3 Å². The predicted octanol–water partition coefficient (Wildman–Crippen LogP) is 1.75. The fourth-order valence-corrected chi connectivity index (χ4v) is 1.85. The summed E-state index contributed by atoms with van der Waals surface area (Å²) in [6.45, 7) is 9.47. The van der Waals surface area contributed by atoms with Crippen molar-refractivity contribution in [1.82, 2.24) is 10.2 Å². The molecule has 3 nitrogen and oxygen atoms in total. The molecular formula is C12H21ClN2O. The lowest BCUT2D eigenvalue weighted by Crippen LogP contribution is -2.48. The molecule has 1 amide bonds. The third-order valence-corrected chi connectivity index (χ3v) is 2.62. The van der Waals surface area contributed by atoms with Gasteiger partial charge in [0.1, 0.15) is 0 Å². The molecule has 1 saturated heterocycles. The van der Waals surface area contributed by atoms with Gasteiger partial charge in [0.15, 0.2) is 0 Å². The van der Waals surface area contributed by atoms with Gasteiger partial charge < -0.3 is 10.2 Å². The molecule has 0 aromatic heterocycles. The minimum Gasteiger partial charge on any atom is -0.334 e. The third-order valence-electron chi connectivity index (χ3n) is 2.62. The lowest BCUT2D eigenvalue weighted by Gasteiger charge is -2.28. The molecule has 16 heavy (non-hydrogen) atoms. The molecule has 0 aromatic rings. The van der Waals surface area contributed by atoms with Crippen molar-refractivity contribution in [2.24, 2.45) is 0 Å². The Morgan fingerprint density at radius 1 is 1.31 bits per heavy atom. The van der Waals surface area contributed by atoms with E-state index < -0.39 is 0 Å². The van der Waals surface area contributed by atoms with Crippen LogP contribution in [0.5, 0.6) is 0 Å². The number of carbonyl (C=O) groups excluding carboxylic acids is 1. The molecule has 0 spiro atoms. The number of halogens is 1. The molecule has 0 unspecified atom stereocenters. The number of nitrogens with one attached hydrogen (secondary N) is 1. The van der Waals surface area contributed by atoms with E-state index in [4.69, 9.17) is 0 Å². The van der Waals surface area contributed by atoms with E-state index in [1.807, 2.05) is 0 Å². The molecule has 1 N–H and O–H groups in total. The Labute approximate surface area is 104 Å². The molecule has 1 atom stereocenters. The highest BCUT2D eigenvalue weighted by molar-refractivity contribution is 5.85. The van der Waals surface area contributed by atoms with Gasteiger partial charge >= 0.3 is 0 Å². The van der Waals surface area contributed by atoms with Gasteiger partial charge in [-0.2, -0.15) is 0 Å². The van der Waals surface area contributed by atoms with Crippen molar-refractivity contribution < 1.29 is 4.79 Å². The molecule has 4 heteroatoms. The number of piperidine rings is 1. The van der Waals surface area contributed by atoms with Crippen molar-refractivity contribution in [3.8, 4) is 0 Å². The highest BCUT2D eigenvalue weighted by Crippen LogP contribution is 2.09. The second kappa shape index (κ2) is 8.36. The number of hydrogen-bond acceptors (Lipinski definition) is 2. The van der Waals surface area contributed by atoms with E-state index in [1.165, 1.54) is 6.42 Å². The van der Waals surface area contributed by atoms with Gasteiger partial charge in [-0.1, -0.05) is 18.6 Å². The molecule has 0 aromatic carbocycles. The molecular weight excluding hydrogens is 224 g/mol. The van der Waals surface area contributed by atoms with Crippen LogP contribution in [0, 0.1) is 0 Å². The summed E-state index contributed by atoms with van der Waals surface area (Å²) in [6, 6.07) is -0.00125. The summed E-state index contributed by atoms with van der Waals surface area (Å²) < 4.78 is 0. The van der Waals surface area contributed by atoms with Crippen molar-refractivity contribution in [3.63, 3.8) is 0 Å². The average molecular weight is 245 g/mol. The van der Waals surface area contributed by atoms with Gasteiger partial charge in [0.05, 0.1) is 6.04 Å². The zero-order valence-electron chi connectivity index (χ0n) is 9.65. The minimum atomic E-state index is -0.00125. The molecule has 92 valence electrons. The molecule has 1 aliphatic rings. The van der Waals surface area contributed by atoms with Gasteiger partial charge in [-0.05, 0) is 19.4 Å². The number of amides is 1. The smallest absolute Gasteiger partial charge is 0.240 e. The van der Waals surface area contributed by atoms with Gasteiger partial charge in [0, 0.05) is 13.1 Å². The quantitative estimate of drug-likeness (QED) is 0.748. The number of nitrogens with zero attached hydrogens (tertiary/aromatic N) is 1. The Morgan fingerprint density at radius 3 is 2.38 bits per heavy atom. The van der Waals surface area contributed by atoms with Crippen LogP contribution < -0.4 is 5.32 Å². The fraction of sp³-hybridized carbons (Fsp3) is 0.583. The Morgan fingerprint density at radius 2 is 1.94 bits per heavy atom. The summed E-state index contributed by atoms with van der Waals surface area (Å²) in [7, 11) is 0. The zero-order valence-corrected chi connectivity index (χ0v) is 10.5. The maximum atomic E-state index is 12.0. The van der Waals surface area contributed by atoms with Crippen LogP contribution in [0.15, 0.2) is 25.3 Å². The van der Waals surface area contributed by atoms with Crippen LogP contribution in [0.1, 0.15) is 19.3 Å². The highest BCUT2D eigenvalue weighted by Gasteiger charge is 2.24. The molecule has 1 aliphatic heterocycles. The van der Waals surface area contributed by atoms with Crippen LogP contribution in [0.2, 0.25) is 0 Å². The molecule has 0 bridgehead atoms. The first kappa shape index (κ1) is 15.2. The van der Waals surface area contributed by atoms with E-state index >= 15 is 0 Å². The van der Waals surface area contributed by atoms with Crippen LogP contribution in [0.3, 0.4) is 0 Å². The second-order valence-corrected chi connectivity index (χ2v) is 3.82. The lowest BCUT2D eigenvalue weighted by atomic mass is 10.0. The molecule has 0 radical (unpaired) electrons. The standard InChI is InChI=1S/C12H20N2O.ClH/c1-3-9-14(10-4-2)12(15)11-7-5-6-8-13-11;/h3-4,11,13H,1-2,5-10H2;1H/t11-;/m0./s1. The Kier molecular flexibility index (Phi) is 7.95. The summed E-state index contributed by atoms with van der Waals surface area (Å²) in [5.74, 6) is 0.175. The summed E-state index contributed by atoms with van der Waals surface area (Å²) in [5.41, 5.74) is 0. The summed E-state index contributed by atoms with van der Waals surface area (Å²) in [5, 5.41) is 3.26. The second-order valence-electron chi connectivity index (χ2n) is 3.82. The van der Waals surface area contributed by atoms with Crippen molar-refractivity contribution in [2.75, 3.05) is 19.6 Å². The molecule has 0 saturated carbocycles. The number of rotatable bonds is 5. The monoisotopic (exact) mass is 244 g/mol. The summed E-state index contributed by atoms with van der Waals surface area (Å²) >= 11 is 0. The first-order valence-electron chi connectivity index (χ1n) is 5.53. The number of hydrogen-bond donors (Lipinski definition) is 1. The van der Waals surface area contributed by atoms with Crippen molar-refractivity contribution in [3.05, 3.63) is 25.3 Å². The van der Waals surface area contributed by atoms with E-state index in [-0.39, 0.29) is 24.4 Å². The SMILES string of the molecule is C=CCN(CC=C)C(=O)[C@@H]1CCCCN1.Cl. The van der Waals surface area contributed by atoms with Gasteiger partial charge in [0.25, 0.3) is 0 Å². The van der Waals surface area contributed by atoms with Crippen LogP contribution >= 0.6 is 12.4 Å². The lowest BCUT2D eigenvalue weighted by molar-refractivity contribution is -0.133. The first-order chi connectivity index (χ1) is 7.29. The van der Waals surface area contributed by atoms with Gasteiger partial charge in [0.2, 0.25) is 5.91 Å².